The van der Waals surface area contributed by atoms with Crippen LogP contribution < -0.4 is 9.47 Å². The number of rotatable bonds is 4. The summed E-state index contributed by atoms with van der Waals surface area (Å²) in [6.07, 6.45) is 0. The summed E-state index contributed by atoms with van der Waals surface area (Å²) >= 11 is 0. The highest BCUT2D eigenvalue weighted by atomic mass is 16.6. The van der Waals surface area contributed by atoms with Gasteiger partial charge < -0.3 is 18.9 Å². The maximum Gasteiger partial charge on any atom is 0.350 e. The molecular weight excluding hydrogens is 440 g/mol. The van der Waals surface area contributed by atoms with E-state index in [9.17, 15) is 19.2 Å². The first-order valence-corrected chi connectivity index (χ1v) is 10.2. The Bertz CT molecular complexity index is 1440. The predicted octanol–water partition coefficient (Wildman–Crippen LogP) is 5.05. The second-order valence-corrected chi connectivity index (χ2v) is 7.53. The molecular formula is C26H12O8. The average Bonchev–Trinajstić information content (AvgIpc) is 2.83. The van der Waals surface area contributed by atoms with Crippen LogP contribution in [-0.2, 0) is 9.47 Å². The summed E-state index contributed by atoms with van der Waals surface area (Å²) in [5.41, 5.74) is -0.234. The molecule has 6 rings (SSSR count). The molecule has 2 aliphatic rings. The summed E-state index contributed by atoms with van der Waals surface area (Å²) in [5, 5.41) is 0.148. The van der Waals surface area contributed by atoms with Crippen LogP contribution in [0.5, 0.6) is 23.0 Å². The second-order valence-electron chi connectivity index (χ2n) is 7.53. The Morgan fingerprint density at radius 3 is 1.26 bits per heavy atom. The maximum absolute atomic E-state index is 12.8. The maximum atomic E-state index is 12.8. The van der Waals surface area contributed by atoms with Crippen LogP contribution in [0.25, 0.3) is 10.8 Å². The minimum atomic E-state index is -0.955. The van der Waals surface area contributed by atoms with Gasteiger partial charge in [0.15, 0.2) is 0 Å². The predicted molar refractivity (Wildman–Crippen MR) is 116 cm³/mol. The molecule has 2 heterocycles. The van der Waals surface area contributed by atoms with Crippen LogP contribution in [0.3, 0.4) is 0 Å². The van der Waals surface area contributed by atoms with Crippen LogP contribution in [0.4, 0.5) is 0 Å². The van der Waals surface area contributed by atoms with Crippen LogP contribution in [0.15, 0.2) is 72.8 Å². The fourth-order valence-electron chi connectivity index (χ4n) is 4.09. The molecule has 0 amide bonds. The molecule has 0 bridgehead atoms. The van der Waals surface area contributed by atoms with Gasteiger partial charge in [0.2, 0.25) is 0 Å². The minimum absolute atomic E-state index is 0.0126. The van der Waals surface area contributed by atoms with Gasteiger partial charge in [0, 0.05) is 10.8 Å². The number of carbonyl (C=O) groups is 4. The van der Waals surface area contributed by atoms with Crippen molar-refractivity contribution in [3.8, 4) is 23.0 Å². The van der Waals surface area contributed by atoms with Crippen LogP contribution in [0.1, 0.15) is 41.4 Å². The number of cyclic esters (lactones) is 4. The Kier molecular flexibility index (Phi) is 4.21. The number of para-hydroxylation sites is 2. The molecule has 4 aromatic carbocycles. The lowest BCUT2D eigenvalue weighted by atomic mass is 9.88. The third-order valence-electron chi connectivity index (χ3n) is 5.49. The molecule has 0 fully saturated rings. The van der Waals surface area contributed by atoms with Gasteiger partial charge in [-0.3, -0.25) is 0 Å². The first-order chi connectivity index (χ1) is 16.5. The Balaban J connectivity index is 1.68. The molecule has 0 atom stereocenters. The van der Waals surface area contributed by atoms with Crippen molar-refractivity contribution >= 4 is 34.6 Å². The lowest BCUT2D eigenvalue weighted by Crippen LogP contribution is -2.26. The van der Waals surface area contributed by atoms with Crippen molar-refractivity contribution in [2.45, 2.75) is 0 Å². The van der Waals surface area contributed by atoms with Gasteiger partial charge in [0.1, 0.15) is 34.1 Å². The van der Waals surface area contributed by atoms with Crippen molar-refractivity contribution in [2.24, 2.45) is 0 Å². The van der Waals surface area contributed by atoms with Crippen molar-refractivity contribution in [1.82, 2.24) is 0 Å². The van der Waals surface area contributed by atoms with Gasteiger partial charge in [-0.2, -0.15) is 0 Å². The smallest absolute Gasteiger partial charge is 0.350 e. The highest BCUT2D eigenvalue weighted by molar-refractivity contribution is 6.31. The number of hydrogen-bond acceptors (Lipinski definition) is 8. The van der Waals surface area contributed by atoms with Crippen molar-refractivity contribution in [3.63, 3.8) is 0 Å². The molecule has 0 radical (unpaired) electrons. The molecule has 0 unspecified atom stereocenters. The van der Waals surface area contributed by atoms with Crippen molar-refractivity contribution < 1.29 is 38.1 Å². The van der Waals surface area contributed by atoms with E-state index >= 15 is 0 Å². The van der Waals surface area contributed by atoms with Crippen LogP contribution >= 0.6 is 0 Å². The highest BCUT2D eigenvalue weighted by Gasteiger charge is 2.40. The number of ether oxygens (including phenoxy) is 4. The molecule has 164 valence electrons. The third kappa shape index (κ3) is 2.93. The van der Waals surface area contributed by atoms with E-state index < -0.39 is 23.9 Å². The van der Waals surface area contributed by atoms with Gasteiger partial charge in [0.05, 0.1) is 11.1 Å². The Morgan fingerprint density at radius 2 is 0.882 bits per heavy atom. The summed E-state index contributed by atoms with van der Waals surface area (Å²) in [7, 11) is 0. The van der Waals surface area contributed by atoms with E-state index in [-0.39, 0.29) is 44.5 Å². The molecule has 34 heavy (non-hydrogen) atoms. The first-order valence-electron chi connectivity index (χ1n) is 10.2. The zero-order valence-corrected chi connectivity index (χ0v) is 17.2. The normalized spacial score (nSPS) is 14.0. The molecule has 0 aliphatic carbocycles. The lowest BCUT2D eigenvalue weighted by molar-refractivity contribution is 0.0362. The molecule has 0 saturated heterocycles. The number of benzene rings is 4. The molecule has 8 heteroatoms. The summed E-state index contributed by atoms with van der Waals surface area (Å²) in [5.74, 6) is -3.02. The Hall–Kier alpha value is -4.98. The largest absolute Gasteiger partial charge is 0.456 e. The summed E-state index contributed by atoms with van der Waals surface area (Å²) in [6, 6.07) is 19.8. The molecule has 0 N–H and O–H groups in total. The SMILES string of the molecule is O=C1OC(=O)c2c(Oc3ccccc3)cc3c4c(c(Oc5ccccc5)cc1c24)C(=O)OC3=O. The summed E-state index contributed by atoms with van der Waals surface area (Å²) in [6.45, 7) is 0. The second kappa shape index (κ2) is 7.28. The standard InChI is InChI=1S/C26H12O8/c27-23-15-11-17(31-13-7-3-1-4-8-13)21-19-16(24(28)33-25(21)29)12-18(22(20(15)19)26(30)34-23)32-14-9-5-2-6-10-14/h1-12H. The van der Waals surface area contributed by atoms with Gasteiger partial charge >= 0.3 is 23.9 Å². The fourth-order valence-corrected chi connectivity index (χ4v) is 4.09. The van der Waals surface area contributed by atoms with E-state index in [4.69, 9.17) is 18.9 Å². The molecule has 0 spiro atoms. The van der Waals surface area contributed by atoms with E-state index in [2.05, 4.69) is 0 Å². The van der Waals surface area contributed by atoms with E-state index in [0.717, 1.165) is 0 Å². The van der Waals surface area contributed by atoms with Crippen LogP contribution in [0, 0.1) is 0 Å². The first kappa shape index (κ1) is 19.7. The van der Waals surface area contributed by atoms with Crippen molar-refractivity contribution in [1.29, 1.82) is 0 Å². The molecule has 4 aromatic rings. The van der Waals surface area contributed by atoms with Gasteiger partial charge in [-0.15, -0.1) is 0 Å². The van der Waals surface area contributed by atoms with Crippen LogP contribution in [0.2, 0.25) is 0 Å². The van der Waals surface area contributed by atoms with E-state index in [1.807, 2.05) is 0 Å². The summed E-state index contributed by atoms with van der Waals surface area (Å²) < 4.78 is 21.7. The number of esters is 4. The molecule has 0 aromatic heterocycles. The fraction of sp³-hybridized carbons (Fsp3) is 0. The van der Waals surface area contributed by atoms with Gasteiger partial charge in [-0.1, -0.05) is 36.4 Å². The zero-order chi connectivity index (χ0) is 23.4. The van der Waals surface area contributed by atoms with Gasteiger partial charge in [-0.05, 0) is 36.4 Å². The zero-order valence-electron chi connectivity index (χ0n) is 17.2. The van der Waals surface area contributed by atoms with E-state index in [1.165, 1.54) is 12.1 Å². The van der Waals surface area contributed by atoms with Crippen LogP contribution in [-0.4, -0.2) is 23.9 Å². The molecule has 0 saturated carbocycles. The average molecular weight is 452 g/mol. The van der Waals surface area contributed by atoms with E-state index in [1.54, 1.807) is 60.7 Å². The molecule has 2 aliphatic heterocycles. The number of carbonyl (C=O) groups excluding carboxylic acids is 4. The molecule has 8 nitrogen and oxygen atoms in total. The van der Waals surface area contributed by atoms with Crippen molar-refractivity contribution in [3.05, 3.63) is 95.1 Å². The topological polar surface area (TPSA) is 105 Å². The van der Waals surface area contributed by atoms with Gasteiger partial charge in [0.25, 0.3) is 0 Å². The monoisotopic (exact) mass is 452 g/mol. The Labute approximate surface area is 191 Å². The third-order valence-corrected chi connectivity index (χ3v) is 5.49. The minimum Gasteiger partial charge on any atom is -0.456 e. The number of hydrogen-bond donors (Lipinski definition) is 0. The van der Waals surface area contributed by atoms with Crippen molar-refractivity contribution in [2.75, 3.05) is 0 Å². The van der Waals surface area contributed by atoms with E-state index in [0.29, 0.717) is 11.5 Å². The highest BCUT2D eigenvalue weighted by Crippen LogP contribution is 2.46. The Morgan fingerprint density at radius 1 is 0.500 bits per heavy atom. The summed E-state index contributed by atoms with van der Waals surface area (Å²) in [4.78, 5) is 51.0. The lowest BCUT2D eigenvalue weighted by Gasteiger charge is -2.25. The van der Waals surface area contributed by atoms with Gasteiger partial charge in [-0.25, -0.2) is 19.2 Å². The quantitative estimate of drug-likeness (QED) is 0.313.